The van der Waals surface area contributed by atoms with Gasteiger partial charge in [-0.15, -0.1) is 0 Å². The molecular formula is C11H14Cl2N2O2. The second kappa shape index (κ2) is 7.37. The van der Waals surface area contributed by atoms with Crippen molar-refractivity contribution in [2.45, 2.75) is 6.42 Å². The monoisotopic (exact) mass is 276 g/mol. The Morgan fingerprint density at radius 3 is 2.76 bits per heavy atom. The molecular weight excluding hydrogens is 263 g/mol. The molecule has 0 saturated heterocycles. The van der Waals surface area contributed by atoms with Crippen LogP contribution in [0.25, 0.3) is 0 Å². The van der Waals surface area contributed by atoms with Crippen molar-refractivity contribution in [3.8, 4) is 0 Å². The van der Waals surface area contributed by atoms with Crippen molar-refractivity contribution >= 4 is 34.9 Å². The molecule has 0 fully saturated rings. The number of urea groups is 1. The van der Waals surface area contributed by atoms with E-state index >= 15 is 0 Å². The molecule has 0 atom stereocenters. The zero-order chi connectivity index (χ0) is 12.7. The molecule has 0 spiro atoms. The summed E-state index contributed by atoms with van der Waals surface area (Å²) in [6.45, 7) is 1.17. The Bertz CT molecular complexity index is 386. The Hall–Kier alpha value is -0.970. The van der Waals surface area contributed by atoms with Gasteiger partial charge in [-0.25, -0.2) is 4.79 Å². The van der Waals surface area contributed by atoms with Gasteiger partial charge in [0.2, 0.25) is 0 Å². The number of amides is 2. The number of benzene rings is 1. The van der Waals surface area contributed by atoms with Crippen LogP contribution in [-0.2, 0) is 4.74 Å². The average Bonchev–Trinajstić information content (AvgIpc) is 2.30. The fourth-order valence-corrected chi connectivity index (χ4v) is 1.47. The van der Waals surface area contributed by atoms with Crippen LogP contribution in [0.3, 0.4) is 0 Å². The van der Waals surface area contributed by atoms with Crippen molar-refractivity contribution < 1.29 is 9.53 Å². The third-order valence-electron chi connectivity index (χ3n) is 1.99. The Labute approximate surface area is 110 Å². The number of carbonyl (C=O) groups is 1. The van der Waals surface area contributed by atoms with Crippen molar-refractivity contribution in [2.24, 2.45) is 0 Å². The predicted octanol–water partition coefficient (Wildman–Crippen LogP) is 3.15. The Balaban J connectivity index is 2.37. The van der Waals surface area contributed by atoms with Gasteiger partial charge in [0, 0.05) is 25.9 Å². The van der Waals surface area contributed by atoms with Gasteiger partial charge in [-0.2, -0.15) is 0 Å². The average molecular weight is 277 g/mol. The lowest BCUT2D eigenvalue weighted by atomic mass is 10.3. The number of carbonyl (C=O) groups excluding carboxylic acids is 1. The largest absolute Gasteiger partial charge is 0.385 e. The topological polar surface area (TPSA) is 50.4 Å². The first-order valence-corrected chi connectivity index (χ1v) is 5.88. The van der Waals surface area contributed by atoms with Crippen LogP contribution in [0, 0.1) is 0 Å². The van der Waals surface area contributed by atoms with Crippen LogP contribution in [0.15, 0.2) is 18.2 Å². The Kier molecular flexibility index (Phi) is 6.11. The summed E-state index contributed by atoms with van der Waals surface area (Å²) in [4.78, 5) is 11.4. The molecule has 2 N–H and O–H groups in total. The lowest BCUT2D eigenvalue weighted by Crippen LogP contribution is -2.30. The van der Waals surface area contributed by atoms with Gasteiger partial charge in [0.05, 0.1) is 10.0 Å². The van der Waals surface area contributed by atoms with E-state index in [9.17, 15) is 4.79 Å². The van der Waals surface area contributed by atoms with Crippen LogP contribution in [0.4, 0.5) is 10.5 Å². The van der Waals surface area contributed by atoms with Crippen LogP contribution < -0.4 is 10.6 Å². The van der Waals surface area contributed by atoms with Gasteiger partial charge < -0.3 is 15.4 Å². The third kappa shape index (κ3) is 5.26. The molecule has 0 aliphatic rings. The van der Waals surface area contributed by atoms with Gasteiger partial charge in [-0.3, -0.25) is 0 Å². The maximum Gasteiger partial charge on any atom is 0.319 e. The minimum Gasteiger partial charge on any atom is -0.385 e. The number of rotatable bonds is 5. The van der Waals surface area contributed by atoms with Crippen LogP contribution in [-0.4, -0.2) is 26.3 Å². The number of hydrogen-bond donors (Lipinski definition) is 2. The summed E-state index contributed by atoms with van der Waals surface area (Å²) in [5.74, 6) is 0. The van der Waals surface area contributed by atoms with Gasteiger partial charge in [-0.1, -0.05) is 23.2 Å². The summed E-state index contributed by atoms with van der Waals surface area (Å²) < 4.78 is 4.87. The van der Waals surface area contributed by atoms with Crippen molar-refractivity contribution in [1.82, 2.24) is 5.32 Å². The summed E-state index contributed by atoms with van der Waals surface area (Å²) in [6, 6.07) is 4.63. The minimum atomic E-state index is -0.278. The van der Waals surface area contributed by atoms with E-state index < -0.39 is 0 Å². The number of halogens is 2. The second-order valence-corrected chi connectivity index (χ2v) is 4.17. The molecule has 1 aromatic carbocycles. The van der Waals surface area contributed by atoms with Crippen LogP contribution in [0.5, 0.6) is 0 Å². The first-order chi connectivity index (χ1) is 8.13. The van der Waals surface area contributed by atoms with Gasteiger partial charge in [0.15, 0.2) is 0 Å². The number of ether oxygens (including phenoxy) is 1. The lowest BCUT2D eigenvalue weighted by molar-refractivity contribution is 0.194. The van der Waals surface area contributed by atoms with E-state index in [4.69, 9.17) is 27.9 Å². The number of anilines is 1. The highest BCUT2D eigenvalue weighted by Crippen LogP contribution is 2.24. The summed E-state index contributed by atoms with van der Waals surface area (Å²) in [5.41, 5.74) is 0.601. The summed E-state index contributed by atoms with van der Waals surface area (Å²) in [6.07, 6.45) is 0.769. The normalized spacial score (nSPS) is 10.1. The SMILES string of the molecule is COCCCNC(=O)Nc1ccc(Cl)c(Cl)c1. The summed E-state index contributed by atoms with van der Waals surface area (Å²) in [5, 5.41) is 6.21. The zero-order valence-electron chi connectivity index (χ0n) is 9.43. The standard InChI is InChI=1S/C11H14Cl2N2O2/c1-17-6-2-5-14-11(16)15-8-3-4-9(12)10(13)7-8/h3-4,7H,2,5-6H2,1H3,(H2,14,15,16). The molecule has 0 bridgehead atoms. The van der Waals surface area contributed by atoms with E-state index in [1.165, 1.54) is 0 Å². The highest BCUT2D eigenvalue weighted by Gasteiger charge is 2.03. The molecule has 0 aliphatic carbocycles. The third-order valence-corrected chi connectivity index (χ3v) is 2.73. The van der Waals surface area contributed by atoms with Crippen LogP contribution >= 0.6 is 23.2 Å². The maximum atomic E-state index is 11.4. The molecule has 0 saturated carbocycles. The predicted molar refractivity (Wildman–Crippen MR) is 70.0 cm³/mol. The first-order valence-electron chi connectivity index (χ1n) is 5.12. The van der Waals surface area contributed by atoms with Gasteiger partial charge >= 0.3 is 6.03 Å². The zero-order valence-corrected chi connectivity index (χ0v) is 10.9. The van der Waals surface area contributed by atoms with E-state index in [1.807, 2.05) is 0 Å². The van der Waals surface area contributed by atoms with Gasteiger partial charge in [-0.05, 0) is 24.6 Å². The van der Waals surface area contributed by atoms with E-state index in [0.717, 1.165) is 6.42 Å². The molecule has 6 heteroatoms. The van der Waals surface area contributed by atoms with E-state index in [2.05, 4.69) is 10.6 Å². The highest BCUT2D eigenvalue weighted by atomic mass is 35.5. The molecule has 0 radical (unpaired) electrons. The first kappa shape index (κ1) is 14.1. The van der Waals surface area contributed by atoms with Crippen molar-refractivity contribution in [3.63, 3.8) is 0 Å². The summed E-state index contributed by atoms with van der Waals surface area (Å²) in [7, 11) is 1.62. The smallest absolute Gasteiger partial charge is 0.319 e. The van der Waals surface area contributed by atoms with Gasteiger partial charge in [0.1, 0.15) is 0 Å². The lowest BCUT2D eigenvalue weighted by Gasteiger charge is -2.08. The molecule has 0 unspecified atom stereocenters. The van der Waals surface area contributed by atoms with Crippen LogP contribution in [0.1, 0.15) is 6.42 Å². The molecule has 1 rings (SSSR count). The molecule has 17 heavy (non-hydrogen) atoms. The fourth-order valence-electron chi connectivity index (χ4n) is 1.17. The minimum absolute atomic E-state index is 0.278. The second-order valence-electron chi connectivity index (χ2n) is 3.36. The molecule has 0 aromatic heterocycles. The molecule has 0 heterocycles. The van der Waals surface area contributed by atoms with E-state index in [1.54, 1.807) is 25.3 Å². The Morgan fingerprint density at radius 2 is 2.12 bits per heavy atom. The van der Waals surface area contributed by atoms with E-state index in [0.29, 0.717) is 28.9 Å². The van der Waals surface area contributed by atoms with Crippen molar-refractivity contribution in [2.75, 3.05) is 25.6 Å². The molecule has 4 nitrogen and oxygen atoms in total. The van der Waals surface area contributed by atoms with Crippen molar-refractivity contribution in [1.29, 1.82) is 0 Å². The fraction of sp³-hybridized carbons (Fsp3) is 0.364. The quantitative estimate of drug-likeness (QED) is 0.812. The highest BCUT2D eigenvalue weighted by molar-refractivity contribution is 6.42. The number of methoxy groups -OCH3 is 1. The molecule has 94 valence electrons. The van der Waals surface area contributed by atoms with Gasteiger partial charge in [0.25, 0.3) is 0 Å². The molecule has 0 aliphatic heterocycles. The number of hydrogen-bond acceptors (Lipinski definition) is 2. The maximum absolute atomic E-state index is 11.4. The molecule has 1 aromatic rings. The summed E-state index contributed by atoms with van der Waals surface area (Å²) >= 11 is 11.6. The Morgan fingerprint density at radius 1 is 1.35 bits per heavy atom. The van der Waals surface area contributed by atoms with E-state index in [-0.39, 0.29) is 6.03 Å². The molecule has 2 amide bonds. The van der Waals surface area contributed by atoms with Crippen molar-refractivity contribution in [3.05, 3.63) is 28.2 Å². The van der Waals surface area contributed by atoms with Crippen LogP contribution in [0.2, 0.25) is 10.0 Å². The number of nitrogens with one attached hydrogen (secondary N) is 2.